The molecule has 0 radical (unpaired) electrons. The normalized spacial score (nSPS) is 11.2. The van der Waals surface area contributed by atoms with E-state index < -0.39 is 0 Å². The Morgan fingerprint density at radius 2 is 1.95 bits per heavy atom. The van der Waals surface area contributed by atoms with Crippen LogP contribution in [0.5, 0.6) is 0 Å². The van der Waals surface area contributed by atoms with Crippen molar-refractivity contribution in [3.05, 3.63) is 47.0 Å². The van der Waals surface area contributed by atoms with Crippen LogP contribution in [0, 0.1) is 6.92 Å². The summed E-state index contributed by atoms with van der Waals surface area (Å²) < 4.78 is 11.6. The fourth-order valence-corrected chi connectivity index (χ4v) is 2.53. The molecule has 4 aromatic rings. The van der Waals surface area contributed by atoms with Crippen molar-refractivity contribution in [1.29, 1.82) is 0 Å². The van der Waals surface area contributed by atoms with Crippen molar-refractivity contribution in [1.82, 2.24) is 20.1 Å². The van der Waals surface area contributed by atoms with Gasteiger partial charge in [0.15, 0.2) is 11.5 Å². The number of pyridine rings is 1. The second-order valence-corrected chi connectivity index (χ2v) is 5.65. The maximum absolute atomic E-state index is 5.46. The highest BCUT2D eigenvalue weighted by Crippen LogP contribution is 2.26. The van der Waals surface area contributed by atoms with Crippen LogP contribution in [-0.4, -0.2) is 20.1 Å². The number of hydrogen-bond donors (Lipinski definition) is 0. The van der Waals surface area contributed by atoms with Crippen LogP contribution in [0.15, 0.2) is 50.1 Å². The van der Waals surface area contributed by atoms with Gasteiger partial charge in [-0.15, -0.1) is 0 Å². The van der Waals surface area contributed by atoms with Crippen LogP contribution >= 0.6 is 15.9 Å². The average molecular weight is 357 g/mol. The third-order valence-corrected chi connectivity index (χ3v) is 3.56. The molecule has 108 valence electrons. The van der Waals surface area contributed by atoms with Crippen molar-refractivity contribution in [3.8, 4) is 22.8 Å². The Morgan fingerprint density at radius 3 is 2.82 bits per heavy atom. The number of halogens is 1. The van der Waals surface area contributed by atoms with Crippen molar-refractivity contribution in [2.24, 2.45) is 0 Å². The van der Waals surface area contributed by atoms with Gasteiger partial charge in [0, 0.05) is 29.4 Å². The van der Waals surface area contributed by atoms with E-state index >= 15 is 0 Å². The monoisotopic (exact) mass is 356 g/mol. The highest BCUT2D eigenvalue weighted by Gasteiger charge is 2.13. The molecule has 0 aliphatic rings. The van der Waals surface area contributed by atoms with Crippen molar-refractivity contribution >= 4 is 27.0 Å². The summed E-state index contributed by atoms with van der Waals surface area (Å²) in [5.74, 6) is 1.54. The summed E-state index contributed by atoms with van der Waals surface area (Å²) >= 11 is 3.37. The minimum absolute atomic E-state index is 0.417. The summed E-state index contributed by atoms with van der Waals surface area (Å²) in [7, 11) is 0. The molecule has 0 bridgehead atoms. The number of fused-ring (bicyclic) bond motifs is 1. The molecule has 0 saturated carbocycles. The number of aromatic nitrogens is 4. The molecule has 0 amide bonds. The van der Waals surface area contributed by atoms with Gasteiger partial charge in [-0.25, -0.2) is 4.98 Å². The molecular formula is C15H9BrN4O2. The summed E-state index contributed by atoms with van der Waals surface area (Å²) in [4.78, 5) is 12.8. The minimum atomic E-state index is 0.417. The fraction of sp³-hybridized carbons (Fsp3) is 0.0667. The molecule has 0 atom stereocenters. The highest BCUT2D eigenvalue weighted by molar-refractivity contribution is 9.10. The van der Waals surface area contributed by atoms with Gasteiger partial charge in [-0.05, 0) is 40.2 Å². The van der Waals surface area contributed by atoms with Gasteiger partial charge in [-0.3, -0.25) is 4.98 Å². The van der Waals surface area contributed by atoms with Gasteiger partial charge >= 0.3 is 0 Å². The second-order valence-electron chi connectivity index (χ2n) is 4.73. The van der Waals surface area contributed by atoms with Crippen LogP contribution in [0.1, 0.15) is 5.89 Å². The van der Waals surface area contributed by atoms with E-state index in [1.54, 1.807) is 12.4 Å². The maximum Gasteiger partial charge on any atom is 0.259 e. The van der Waals surface area contributed by atoms with Crippen LogP contribution in [0.4, 0.5) is 0 Å². The first kappa shape index (κ1) is 13.1. The van der Waals surface area contributed by atoms with Crippen LogP contribution in [0.3, 0.4) is 0 Å². The minimum Gasteiger partial charge on any atom is -0.441 e. The van der Waals surface area contributed by atoms with E-state index in [1.807, 2.05) is 31.2 Å². The lowest BCUT2D eigenvalue weighted by Gasteiger charge is -1.94. The summed E-state index contributed by atoms with van der Waals surface area (Å²) in [5.41, 5.74) is 3.08. The van der Waals surface area contributed by atoms with E-state index in [4.69, 9.17) is 8.94 Å². The Morgan fingerprint density at radius 1 is 1.05 bits per heavy atom. The van der Waals surface area contributed by atoms with Crippen LogP contribution in [0.2, 0.25) is 0 Å². The quantitative estimate of drug-likeness (QED) is 0.539. The van der Waals surface area contributed by atoms with Crippen LogP contribution in [-0.2, 0) is 0 Å². The molecule has 0 N–H and O–H groups in total. The molecular weight excluding hydrogens is 348 g/mol. The van der Waals surface area contributed by atoms with Crippen LogP contribution in [0.25, 0.3) is 33.9 Å². The maximum atomic E-state index is 5.46. The molecule has 1 aromatic carbocycles. The van der Waals surface area contributed by atoms with E-state index in [1.165, 1.54) is 0 Å². The number of aryl methyl sites for hydroxylation is 1. The Bertz CT molecular complexity index is 977. The third kappa shape index (κ3) is 2.29. The number of nitrogens with zero attached hydrogens (tertiary/aromatic N) is 4. The van der Waals surface area contributed by atoms with Crippen molar-refractivity contribution in [2.45, 2.75) is 6.92 Å². The third-order valence-electron chi connectivity index (χ3n) is 3.13. The zero-order chi connectivity index (χ0) is 15.1. The molecule has 3 aromatic heterocycles. The Kier molecular flexibility index (Phi) is 3.00. The van der Waals surface area contributed by atoms with E-state index in [0.29, 0.717) is 17.6 Å². The molecule has 6 nitrogen and oxygen atoms in total. The SMILES string of the molecule is Cc1nc2cc(-c3noc(-c4cncc(Br)c4)n3)ccc2o1. The smallest absolute Gasteiger partial charge is 0.259 e. The topological polar surface area (TPSA) is 77.8 Å². The predicted molar refractivity (Wildman–Crippen MR) is 83.0 cm³/mol. The predicted octanol–water partition coefficient (Wildman–Crippen LogP) is 4.01. The average Bonchev–Trinajstić information content (AvgIpc) is 3.11. The molecule has 3 heterocycles. The lowest BCUT2D eigenvalue weighted by Crippen LogP contribution is -1.83. The van der Waals surface area contributed by atoms with Crippen molar-refractivity contribution < 1.29 is 8.94 Å². The molecule has 0 spiro atoms. The zero-order valence-electron chi connectivity index (χ0n) is 11.4. The van der Waals surface area contributed by atoms with Gasteiger partial charge < -0.3 is 8.94 Å². The van der Waals surface area contributed by atoms with Crippen molar-refractivity contribution in [3.63, 3.8) is 0 Å². The molecule has 0 aliphatic heterocycles. The second kappa shape index (κ2) is 5.03. The standard InChI is InChI=1S/C15H9BrN4O2/c1-8-18-12-5-9(2-3-13(12)21-8)14-19-15(22-20-14)10-4-11(16)7-17-6-10/h2-7H,1H3. The number of oxazole rings is 1. The van der Waals surface area contributed by atoms with Gasteiger partial charge in [0.25, 0.3) is 5.89 Å². The molecule has 0 fully saturated rings. The summed E-state index contributed by atoms with van der Waals surface area (Å²) in [5, 5.41) is 4.02. The molecule has 0 unspecified atom stereocenters. The molecule has 7 heteroatoms. The number of rotatable bonds is 2. The highest BCUT2D eigenvalue weighted by atomic mass is 79.9. The summed E-state index contributed by atoms with van der Waals surface area (Å²) in [6.45, 7) is 1.81. The fourth-order valence-electron chi connectivity index (χ4n) is 2.17. The van der Waals surface area contributed by atoms with Gasteiger partial charge in [-0.1, -0.05) is 5.16 Å². The number of hydrogen-bond acceptors (Lipinski definition) is 6. The van der Waals surface area contributed by atoms with Gasteiger partial charge in [-0.2, -0.15) is 4.98 Å². The molecule has 0 saturated heterocycles. The summed E-state index contributed by atoms with van der Waals surface area (Å²) in [6.07, 6.45) is 3.37. The number of benzene rings is 1. The van der Waals surface area contributed by atoms with E-state index in [2.05, 4.69) is 36.0 Å². The largest absolute Gasteiger partial charge is 0.441 e. The lowest BCUT2D eigenvalue weighted by atomic mass is 10.2. The van der Waals surface area contributed by atoms with E-state index in [0.717, 1.165) is 26.7 Å². The first-order chi connectivity index (χ1) is 10.7. The first-order valence-corrected chi connectivity index (χ1v) is 7.30. The van der Waals surface area contributed by atoms with Crippen molar-refractivity contribution in [2.75, 3.05) is 0 Å². The van der Waals surface area contributed by atoms with Crippen LogP contribution < -0.4 is 0 Å². The molecule has 0 aliphatic carbocycles. The Labute approximate surface area is 133 Å². The lowest BCUT2D eigenvalue weighted by molar-refractivity contribution is 0.432. The molecule has 22 heavy (non-hydrogen) atoms. The summed E-state index contributed by atoms with van der Waals surface area (Å²) in [6, 6.07) is 7.47. The Hall–Kier alpha value is -2.54. The van der Waals surface area contributed by atoms with Gasteiger partial charge in [0.05, 0.1) is 5.56 Å². The molecule has 4 rings (SSSR count). The zero-order valence-corrected chi connectivity index (χ0v) is 13.0. The first-order valence-electron chi connectivity index (χ1n) is 6.51. The Balaban J connectivity index is 1.76. The van der Waals surface area contributed by atoms with Gasteiger partial charge in [0.2, 0.25) is 5.82 Å². The van der Waals surface area contributed by atoms with Gasteiger partial charge in [0.1, 0.15) is 5.52 Å². The van der Waals surface area contributed by atoms with E-state index in [-0.39, 0.29) is 0 Å². The van der Waals surface area contributed by atoms with E-state index in [9.17, 15) is 0 Å².